The Kier molecular flexibility index (Phi) is 2.72. The van der Waals surface area contributed by atoms with Crippen molar-refractivity contribution in [2.24, 2.45) is 11.8 Å². The third-order valence-corrected chi connectivity index (χ3v) is 5.03. The summed E-state index contributed by atoms with van der Waals surface area (Å²) >= 11 is 6.76. The summed E-state index contributed by atoms with van der Waals surface area (Å²) in [7, 11) is 0. The van der Waals surface area contributed by atoms with Gasteiger partial charge in [0.15, 0.2) is 0 Å². The number of thiophene rings is 1. The van der Waals surface area contributed by atoms with Crippen molar-refractivity contribution in [3.8, 4) is 0 Å². The van der Waals surface area contributed by atoms with Crippen LogP contribution in [0.5, 0.6) is 0 Å². The van der Waals surface area contributed by atoms with Gasteiger partial charge in [-0.3, -0.25) is 9.59 Å². The summed E-state index contributed by atoms with van der Waals surface area (Å²) in [6, 6.07) is 3.03. The molecule has 3 aliphatic heterocycles. The average molecular weight is 326 g/mol. The van der Waals surface area contributed by atoms with Gasteiger partial charge in [-0.15, -0.1) is 16.4 Å². The molecule has 0 N–H and O–H groups in total. The minimum absolute atomic E-state index is 0.231. The Balaban J connectivity index is 1.56. The van der Waals surface area contributed by atoms with Crippen molar-refractivity contribution in [2.45, 2.75) is 12.2 Å². The van der Waals surface area contributed by atoms with Gasteiger partial charge < -0.3 is 9.57 Å². The predicted octanol–water partition coefficient (Wildman–Crippen LogP) is 1.41. The first kappa shape index (κ1) is 13.0. The molecule has 0 saturated carbocycles. The Bertz CT molecular complexity index is 668. The smallest absolute Gasteiger partial charge is 0.365 e. The molecular weight excluding hydrogens is 318 g/mol. The first-order chi connectivity index (χ1) is 10.1. The standard InChI is InChI=1S/C13H8ClNO5S/c14-8-4-3-7(21-8)13(18)20-15-11(16)9-5-1-2-6(19-5)10(9)12(15)17/h1-6,9-10H/t5-,6-,9-,10-/m0/s1. The van der Waals surface area contributed by atoms with E-state index in [-0.39, 0.29) is 4.88 Å². The first-order valence-corrected chi connectivity index (χ1v) is 7.45. The van der Waals surface area contributed by atoms with E-state index in [1.54, 1.807) is 18.2 Å². The fourth-order valence-corrected chi connectivity index (χ4v) is 3.83. The summed E-state index contributed by atoms with van der Waals surface area (Å²) in [6.45, 7) is 0. The number of ether oxygens (including phenoxy) is 1. The van der Waals surface area contributed by atoms with Gasteiger partial charge in [0, 0.05) is 0 Å². The number of imide groups is 1. The van der Waals surface area contributed by atoms with Crippen LogP contribution in [-0.4, -0.2) is 35.1 Å². The molecule has 4 rings (SSSR count). The van der Waals surface area contributed by atoms with Gasteiger partial charge in [-0.2, -0.15) is 0 Å². The summed E-state index contributed by atoms with van der Waals surface area (Å²) in [5.41, 5.74) is 0. The van der Waals surface area contributed by atoms with Crippen LogP contribution in [0.3, 0.4) is 0 Å². The molecule has 21 heavy (non-hydrogen) atoms. The number of rotatable bonds is 2. The molecule has 1 aromatic heterocycles. The summed E-state index contributed by atoms with van der Waals surface area (Å²) < 4.78 is 5.91. The Morgan fingerprint density at radius 3 is 2.33 bits per heavy atom. The minimum Gasteiger partial charge on any atom is -0.365 e. The van der Waals surface area contributed by atoms with E-state index in [4.69, 9.17) is 21.2 Å². The maximum absolute atomic E-state index is 12.3. The average Bonchev–Trinajstić information content (AvgIpc) is 3.19. The molecule has 0 spiro atoms. The molecule has 0 unspecified atom stereocenters. The molecule has 2 bridgehead atoms. The molecule has 3 aliphatic rings. The molecule has 2 amide bonds. The highest BCUT2D eigenvalue weighted by atomic mass is 35.5. The fourth-order valence-electron chi connectivity index (χ4n) is 2.92. The molecule has 4 heterocycles. The van der Waals surface area contributed by atoms with Crippen LogP contribution < -0.4 is 0 Å². The Hall–Kier alpha value is -1.70. The number of hydroxylamine groups is 2. The van der Waals surface area contributed by atoms with Gasteiger partial charge in [-0.25, -0.2) is 4.79 Å². The number of hydrogen-bond acceptors (Lipinski definition) is 6. The van der Waals surface area contributed by atoms with Gasteiger partial charge in [-0.05, 0) is 12.1 Å². The van der Waals surface area contributed by atoms with Gasteiger partial charge in [0.2, 0.25) is 0 Å². The molecule has 0 aromatic carbocycles. The molecule has 6 nitrogen and oxygen atoms in total. The normalized spacial score (nSPS) is 32.9. The third-order valence-electron chi connectivity index (χ3n) is 3.82. The molecule has 0 aliphatic carbocycles. The van der Waals surface area contributed by atoms with Crippen LogP contribution in [-0.2, 0) is 19.2 Å². The second kappa shape index (κ2) is 4.40. The lowest BCUT2D eigenvalue weighted by atomic mass is 9.85. The highest BCUT2D eigenvalue weighted by Crippen LogP contribution is 2.45. The fraction of sp³-hybridized carbons (Fsp3) is 0.308. The quantitative estimate of drug-likeness (QED) is 0.607. The summed E-state index contributed by atoms with van der Waals surface area (Å²) in [5.74, 6) is -3.01. The van der Waals surface area contributed by atoms with Crippen LogP contribution in [0.2, 0.25) is 4.34 Å². The van der Waals surface area contributed by atoms with Crippen LogP contribution in [0, 0.1) is 11.8 Å². The molecular formula is C13H8ClNO5S. The lowest BCUT2D eigenvalue weighted by molar-refractivity contribution is -0.177. The van der Waals surface area contributed by atoms with Crippen LogP contribution in [0.4, 0.5) is 0 Å². The zero-order valence-corrected chi connectivity index (χ0v) is 12.0. The lowest BCUT2D eigenvalue weighted by Crippen LogP contribution is -2.36. The Morgan fingerprint density at radius 1 is 1.19 bits per heavy atom. The summed E-state index contributed by atoms with van der Waals surface area (Å²) in [4.78, 5) is 41.6. The van der Waals surface area contributed by atoms with Gasteiger partial charge in [-0.1, -0.05) is 23.8 Å². The highest BCUT2D eigenvalue weighted by molar-refractivity contribution is 7.17. The van der Waals surface area contributed by atoms with Crippen LogP contribution in [0.25, 0.3) is 0 Å². The number of carbonyl (C=O) groups is 3. The van der Waals surface area contributed by atoms with Gasteiger partial charge >= 0.3 is 5.97 Å². The molecule has 1 aromatic rings. The van der Waals surface area contributed by atoms with Crippen molar-refractivity contribution in [3.05, 3.63) is 33.5 Å². The topological polar surface area (TPSA) is 72.9 Å². The van der Waals surface area contributed by atoms with E-state index in [1.807, 2.05) is 0 Å². The van der Waals surface area contributed by atoms with Crippen molar-refractivity contribution < 1.29 is 24.0 Å². The number of amides is 2. The predicted molar refractivity (Wildman–Crippen MR) is 71.4 cm³/mol. The number of halogens is 1. The second-order valence-electron chi connectivity index (χ2n) is 4.96. The SMILES string of the molecule is O=C(ON1C(=O)[C@@H]2[C@@H](C1=O)[C@@H]1C=C[C@@H]2O1)c1ccc(Cl)s1. The van der Waals surface area contributed by atoms with Crippen molar-refractivity contribution in [1.82, 2.24) is 5.06 Å². The lowest BCUT2D eigenvalue weighted by Gasteiger charge is -2.15. The van der Waals surface area contributed by atoms with Gasteiger partial charge in [0.1, 0.15) is 4.88 Å². The maximum atomic E-state index is 12.3. The number of nitrogens with zero attached hydrogens (tertiary/aromatic N) is 1. The minimum atomic E-state index is -0.769. The summed E-state index contributed by atoms with van der Waals surface area (Å²) in [5, 5.41) is 0.570. The van der Waals surface area contributed by atoms with E-state index in [0.717, 1.165) is 11.3 Å². The molecule has 0 radical (unpaired) electrons. The van der Waals surface area contributed by atoms with E-state index < -0.39 is 41.8 Å². The van der Waals surface area contributed by atoms with E-state index in [0.29, 0.717) is 9.40 Å². The largest absolute Gasteiger partial charge is 0.373 e. The van der Waals surface area contributed by atoms with Crippen molar-refractivity contribution in [2.75, 3.05) is 0 Å². The van der Waals surface area contributed by atoms with E-state index in [9.17, 15) is 14.4 Å². The zero-order valence-electron chi connectivity index (χ0n) is 10.4. The van der Waals surface area contributed by atoms with E-state index in [2.05, 4.69) is 0 Å². The zero-order chi connectivity index (χ0) is 14.7. The molecule has 2 fully saturated rings. The number of fused-ring (bicyclic) bond motifs is 5. The molecule has 8 heteroatoms. The first-order valence-electron chi connectivity index (χ1n) is 6.25. The third kappa shape index (κ3) is 1.78. The Morgan fingerprint density at radius 2 is 1.81 bits per heavy atom. The number of hydrogen-bond donors (Lipinski definition) is 0. The van der Waals surface area contributed by atoms with Crippen molar-refractivity contribution in [1.29, 1.82) is 0 Å². The van der Waals surface area contributed by atoms with Crippen LogP contribution in [0.15, 0.2) is 24.3 Å². The van der Waals surface area contributed by atoms with Gasteiger partial charge in [0.05, 0.1) is 28.4 Å². The monoisotopic (exact) mass is 325 g/mol. The highest BCUT2D eigenvalue weighted by Gasteiger charge is 2.62. The maximum Gasteiger partial charge on any atom is 0.373 e. The molecule has 2 saturated heterocycles. The summed E-state index contributed by atoms with van der Waals surface area (Å²) in [6.07, 6.45) is 2.72. The van der Waals surface area contributed by atoms with E-state index in [1.165, 1.54) is 6.07 Å². The van der Waals surface area contributed by atoms with Gasteiger partial charge in [0.25, 0.3) is 11.8 Å². The second-order valence-corrected chi connectivity index (χ2v) is 6.67. The van der Waals surface area contributed by atoms with E-state index >= 15 is 0 Å². The molecule has 4 atom stereocenters. The number of carbonyl (C=O) groups excluding carboxylic acids is 3. The Labute approximate surface area is 127 Å². The van der Waals surface area contributed by atoms with Crippen LogP contribution in [0.1, 0.15) is 9.67 Å². The van der Waals surface area contributed by atoms with Crippen LogP contribution >= 0.6 is 22.9 Å². The van der Waals surface area contributed by atoms with Crippen molar-refractivity contribution >= 4 is 40.7 Å². The van der Waals surface area contributed by atoms with Crippen molar-refractivity contribution in [3.63, 3.8) is 0 Å². The molecule has 108 valence electrons.